The molecule has 0 atom stereocenters. The van der Waals surface area contributed by atoms with E-state index < -0.39 is 5.97 Å². The number of piperidine rings is 1. The topological polar surface area (TPSA) is 62.5 Å². The molecule has 1 aliphatic heterocycles. The molecule has 92 valence electrons. The fourth-order valence-corrected chi connectivity index (χ4v) is 2.07. The maximum absolute atomic E-state index is 11.9. The molecule has 17 heavy (non-hydrogen) atoms. The van der Waals surface area contributed by atoms with Crippen molar-refractivity contribution in [1.29, 1.82) is 0 Å². The number of nitrogens with zero attached hydrogens (tertiary/aromatic N) is 2. The van der Waals surface area contributed by atoms with Gasteiger partial charge in [-0.2, -0.15) is 0 Å². The predicted molar refractivity (Wildman–Crippen MR) is 61.8 cm³/mol. The zero-order valence-electron chi connectivity index (χ0n) is 9.63. The summed E-state index contributed by atoms with van der Waals surface area (Å²) < 4.78 is 1.63. The lowest BCUT2D eigenvalue weighted by Gasteiger charge is -2.26. The molecule has 0 aromatic carbocycles. The van der Waals surface area contributed by atoms with Crippen molar-refractivity contribution >= 4 is 11.9 Å². The first-order valence-corrected chi connectivity index (χ1v) is 5.83. The van der Waals surface area contributed by atoms with Crippen LogP contribution in [0.1, 0.15) is 29.6 Å². The monoisotopic (exact) mass is 236 g/mol. The quantitative estimate of drug-likeness (QED) is 0.857. The summed E-state index contributed by atoms with van der Waals surface area (Å²) in [6, 6.07) is 1.51. The van der Waals surface area contributed by atoms with Crippen LogP contribution in [0.3, 0.4) is 0 Å². The first-order valence-electron chi connectivity index (χ1n) is 5.83. The number of hydrogen-bond acceptors (Lipinski definition) is 2. The second-order valence-electron chi connectivity index (χ2n) is 4.32. The van der Waals surface area contributed by atoms with Gasteiger partial charge in [0.2, 0.25) is 5.91 Å². The number of amides is 1. The third kappa shape index (κ3) is 2.87. The van der Waals surface area contributed by atoms with E-state index in [0.29, 0.717) is 0 Å². The normalized spacial score (nSPS) is 15.9. The number of likely N-dealkylation sites (tertiary alicyclic amines) is 1. The molecule has 0 radical (unpaired) electrons. The summed E-state index contributed by atoms with van der Waals surface area (Å²) in [4.78, 5) is 24.4. The summed E-state index contributed by atoms with van der Waals surface area (Å²) >= 11 is 0. The molecule has 1 aromatic heterocycles. The van der Waals surface area contributed by atoms with Crippen LogP contribution in [0, 0.1) is 0 Å². The van der Waals surface area contributed by atoms with Crippen molar-refractivity contribution in [3.8, 4) is 0 Å². The van der Waals surface area contributed by atoms with Crippen LogP contribution in [-0.2, 0) is 11.3 Å². The Bertz CT molecular complexity index is 419. The molecule has 1 aliphatic rings. The Morgan fingerprint density at radius 2 is 1.94 bits per heavy atom. The highest BCUT2D eigenvalue weighted by molar-refractivity contribution is 5.87. The van der Waals surface area contributed by atoms with Gasteiger partial charge < -0.3 is 14.6 Å². The number of aromatic carboxylic acids is 1. The molecular weight excluding hydrogens is 220 g/mol. The molecule has 1 N–H and O–H groups in total. The molecule has 0 unspecified atom stereocenters. The molecule has 1 fully saturated rings. The molecule has 5 nitrogen and oxygen atoms in total. The van der Waals surface area contributed by atoms with Gasteiger partial charge >= 0.3 is 5.97 Å². The second kappa shape index (κ2) is 5.03. The van der Waals surface area contributed by atoms with E-state index in [1.807, 2.05) is 4.90 Å². The highest BCUT2D eigenvalue weighted by Gasteiger charge is 2.16. The third-order valence-corrected chi connectivity index (χ3v) is 3.02. The third-order valence-electron chi connectivity index (χ3n) is 3.02. The van der Waals surface area contributed by atoms with Gasteiger partial charge in [-0.15, -0.1) is 0 Å². The lowest BCUT2D eigenvalue weighted by Crippen LogP contribution is -2.37. The SMILES string of the molecule is O=C(O)c1ccn(CC(=O)N2CCCCC2)c1. The van der Waals surface area contributed by atoms with E-state index in [2.05, 4.69) is 0 Å². The molecule has 1 saturated heterocycles. The smallest absolute Gasteiger partial charge is 0.337 e. The van der Waals surface area contributed by atoms with Crippen LogP contribution in [0.15, 0.2) is 18.5 Å². The van der Waals surface area contributed by atoms with E-state index in [4.69, 9.17) is 5.11 Å². The Balaban J connectivity index is 1.94. The van der Waals surface area contributed by atoms with Gasteiger partial charge in [0.25, 0.3) is 0 Å². The van der Waals surface area contributed by atoms with Crippen LogP contribution >= 0.6 is 0 Å². The first-order chi connectivity index (χ1) is 8.16. The van der Waals surface area contributed by atoms with E-state index in [1.165, 1.54) is 18.7 Å². The summed E-state index contributed by atoms with van der Waals surface area (Å²) in [6.07, 6.45) is 6.45. The zero-order chi connectivity index (χ0) is 12.3. The molecule has 5 heteroatoms. The van der Waals surface area contributed by atoms with Gasteiger partial charge in [-0.3, -0.25) is 4.79 Å². The van der Waals surface area contributed by atoms with Gasteiger partial charge in [0.1, 0.15) is 6.54 Å². The van der Waals surface area contributed by atoms with Crippen molar-refractivity contribution in [2.24, 2.45) is 0 Å². The highest BCUT2D eigenvalue weighted by atomic mass is 16.4. The molecule has 1 amide bonds. The molecule has 0 saturated carbocycles. The summed E-state index contributed by atoms with van der Waals surface area (Å²) in [5.74, 6) is -0.897. The van der Waals surface area contributed by atoms with E-state index >= 15 is 0 Å². The van der Waals surface area contributed by atoms with Crippen LogP contribution in [0.4, 0.5) is 0 Å². The second-order valence-corrected chi connectivity index (χ2v) is 4.32. The Hall–Kier alpha value is -1.78. The lowest BCUT2D eigenvalue weighted by atomic mass is 10.1. The van der Waals surface area contributed by atoms with Crippen LogP contribution in [0.5, 0.6) is 0 Å². The molecular formula is C12H16N2O3. The minimum Gasteiger partial charge on any atom is -0.478 e. The zero-order valence-corrected chi connectivity index (χ0v) is 9.63. The van der Waals surface area contributed by atoms with Gasteiger partial charge in [-0.05, 0) is 25.3 Å². The van der Waals surface area contributed by atoms with Gasteiger partial charge in [-0.25, -0.2) is 4.79 Å². The van der Waals surface area contributed by atoms with Crippen molar-refractivity contribution in [2.45, 2.75) is 25.8 Å². The number of aromatic nitrogens is 1. The Kier molecular flexibility index (Phi) is 3.46. The first kappa shape index (κ1) is 11.7. The van der Waals surface area contributed by atoms with Crippen molar-refractivity contribution in [1.82, 2.24) is 9.47 Å². The minimum absolute atomic E-state index is 0.0669. The molecule has 2 rings (SSSR count). The number of hydrogen-bond donors (Lipinski definition) is 1. The number of carbonyl (C=O) groups is 2. The Morgan fingerprint density at radius 1 is 1.24 bits per heavy atom. The minimum atomic E-state index is -0.964. The van der Waals surface area contributed by atoms with E-state index in [-0.39, 0.29) is 18.0 Å². The molecule has 0 spiro atoms. The van der Waals surface area contributed by atoms with Gasteiger partial charge in [0.15, 0.2) is 0 Å². The summed E-state index contributed by atoms with van der Waals surface area (Å²) in [7, 11) is 0. The number of carbonyl (C=O) groups excluding carboxylic acids is 1. The average molecular weight is 236 g/mol. The van der Waals surface area contributed by atoms with Gasteiger partial charge in [0.05, 0.1) is 5.56 Å². The lowest BCUT2D eigenvalue weighted by molar-refractivity contribution is -0.132. The fraction of sp³-hybridized carbons (Fsp3) is 0.500. The van der Waals surface area contributed by atoms with Crippen molar-refractivity contribution < 1.29 is 14.7 Å². The van der Waals surface area contributed by atoms with E-state index in [9.17, 15) is 9.59 Å². The summed E-state index contributed by atoms with van der Waals surface area (Å²) in [6.45, 7) is 1.88. The highest BCUT2D eigenvalue weighted by Crippen LogP contribution is 2.10. The van der Waals surface area contributed by atoms with Crippen LogP contribution in [-0.4, -0.2) is 39.5 Å². The summed E-state index contributed by atoms with van der Waals surface area (Å²) in [5, 5.41) is 8.77. The molecule has 2 heterocycles. The number of carboxylic acid groups (broad SMARTS) is 1. The molecule has 0 bridgehead atoms. The van der Waals surface area contributed by atoms with Gasteiger partial charge in [-0.1, -0.05) is 0 Å². The standard InChI is InChI=1S/C12H16N2O3/c15-11(14-5-2-1-3-6-14)9-13-7-4-10(8-13)12(16)17/h4,7-8H,1-3,5-6,9H2,(H,16,17). The molecule has 0 aliphatic carbocycles. The average Bonchev–Trinajstić information content (AvgIpc) is 2.79. The van der Waals surface area contributed by atoms with Crippen LogP contribution in [0.25, 0.3) is 0 Å². The number of rotatable bonds is 3. The molecule has 1 aromatic rings. The van der Waals surface area contributed by atoms with Crippen molar-refractivity contribution in [3.05, 3.63) is 24.0 Å². The Morgan fingerprint density at radius 3 is 2.53 bits per heavy atom. The van der Waals surface area contributed by atoms with Crippen LogP contribution < -0.4 is 0 Å². The van der Waals surface area contributed by atoms with Crippen molar-refractivity contribution in [3.63, 3.8) is 0 Å². The van der Waals surface area contributed by atoms with Crippen molar-refractivity contribution in [2.75, 3.05) is 13.1 Å². The summed E-state index contributed by atoms with van der Waals surface area (Å²) in [5.41, 5.74) is 0.219. The maximum Gasteiger partial charge on any atom is 0.337 e. The maximum atomic E-state index is 11.9. The van der Waals surface area contributed by atoms with E-state index in [1.54, 1.807) is 10.8 Å². The Labute approximate surface area is 99.6 Å². The van der Waals surface area contributed by atoms with Crippen LogP contribution in [0.2, 0.25) is 0 Å². The number of carboxylic acids is 1. The predicted octanol–water partition coefficient (Wildman–Crippen LogP) is 1.20. The largest absolute Gasteiger partial charge is 0.478 e. The van der Waals surface area contributed by atoms with E-state index in [0.717, 1.165) is 25.9 Å². The van der Waals surface area contributed by atoms with Gasteiger partial charge in [0, 0.05) is 25.5 Å². The fourth-order valence-electron chi connectivity index (χ4n) is 2.07.